The van der Waals surface area contributed by atoms with Gasteiger partial charge in [0.25, 0.3) is 0 Å². The van der Waals surface area contributed by atoms with Gasteiger partial charge in [0.05, 0.1) is 6.54 Å². The summed E-state index contributed by atoms with van der Waals surface area (Å²) in [5.41, 5.74) is 0. The highest BCUT2D eigenvalue weighted by atomic mass is 35.5. The average Bonchev–Trinajstić information content (AvgIpc) is 2.66. The third kappa shape index (κ3) is 4.18. The molecule has 0 aliphatic heterocycles. The fourth-order valence-electron chi connectivity index (χ4n) is 1.41. The Morgan fingerprint density at radius 2 is 2.40 bits per heavy atom. The minimum absolute atomic E-state index is 0.612. The summed E-state index contributed by atoms with van der Waals surface area (Å²) in [6.07, 6.45) is 2.65. The van der Waals surface area contributed by atoms with Crippen molar-refractivity contribution in [3.05, 3.63) is 12.2 Å². The molecule has 1 unspecified atom stereocenters. The van der Waals surface area contributed by atoms with Gasteiger partial charge in [-0.3, -0.25) is 0 Å². The summed E-state index contributed by atoms with van der Waals surface area (Å²) < 4.78 is 1.90. The van der Waals surface area contributed by atoms with Gasteiger partial charge < -0.3 is 5.32 Å². The van der Waals surface area contributed by atoms with Crippen LogP contribution in [0.1, 0.15) is 26.1 Å². The quantitative estimate of drug-likeness (QED) is 0.725. The first-order valence-electron chi connectivity index (χ1n) is 5.41. The second-order valence-electron chi connectivity index (χ2n) is 3.71. The third-order valence-corrected chi connectivity index (χ3v) is 2.59. The number of rotatable bonds is 7. The van der Waals surface area contributed by atoms with E-state index in [0.29, 0.717) is 5.92 Å². The van der Waals surface area contributed by atoms with E-state index in [1.807, 2.05) is 4.68 Å². The summed E-state index contributed by atoms with van der Waals surface area (Å²) in [7, 11) is 0. The number of alkyl halides is 1. The molecule has 1 rings (SSSR count). The lowest BCUT2D eigenvalue weighted by Gasteiger charge is -2.10. The molecule has 0 amide bonds. The van der Waals surface area contributed by atoms with E-state index in [1.165, 1.54) is 0 Å². The van der Waals surface area contributed by atoms with E-state index in [4.69, 9.17) is 11.6 Å². The lowest BCUT2D eigenvalue weighted by atomic mass is 10.1. The van der Waals surface area contributed by atoms with Gasteiger partial charge in [0.1, 0.15) is 12.2 Å². The first-order valence-corrected chi connectivity index (χ1v) is 5.94. The number of halogens is 1. The van der Waals surface area contributed by atoms with Gasteiger partial charge >= 0.3 is 0 Å². The molecule has 0 spiro atoms. The van der Waals surface area contributed by atoms with Gasteiger partial charge in [-0.05, 0) is 25.8 Å². The highest BCUT2D eigenvalue weighted by molar-refractivity contribution is 6.17. The number of hydrogen-bond acceptors (Lipinski definition) is 3. The zero-order chi connectivity index (χ0) is 11.1. The molecule has 1 N–H and O–H groups in total. The fraction of sp³-hybridized carbons (Fsp3) is 0.800. The Morgan fingerprint density at radius 1 is 1.60 bits per heavy atom. The Hall–Kier alpha value is -0.610. The molecule has 0 aromatic carbocycles. The van der Waals surface area contributed by atoms with Crippen LogP contribution in [0.3, 0.4) is 0 Å². The molecule has 0 aliphatic carbocycles. The van der Waals surface area contributed by atoms with Crippen molar-refractivity contribution in [3.63, 3.8) is 0 Å². The average molecular weight is 231 g/mol. The molecule has 1 aromatic rings. The van der Waals surface area contributed by atoms with Crippen molar-refractivity contribution in [1.29, 1.82) is 0 Å². The van der Waals surface area contributed by atoms with Crippen molar-refractivity contribution in [2.24, 2.45) is 5.92 Å². The van der Waals surface area contributed by atoms with Crippen molar-refractivity contribution < 1.29 is 0 Å². The minimum atomic E-state index is 0.612. The lowest BCUT2D eigenvalue weighted by molar-refractivity contribution is 0.484. The predicted molar refractivity (Wildman–Crippen MR) is 61.9 cm³/mol. The molecule has 0 bridgehead atoms. The SMILES string of the molecule is CCn1ncnc1CNCC(C)CCCl. The Kier molecular flexibility index (Phi) is 5.65. The summed E-state index contributed by atoms with van der Waals surface area (Å²) in [5.74, 6) is 2.34. The highest BCUT2D eigenvalue weighted by Gasteiger charge is 2.04. The normalized spacial score (nSPS) is 13.0. The topological polar surface area (TPSA) is 42.7 Å². The molecule has 0 fully saturated rings. The predicted octanol–water partition coefficient (Wildman–Crippen LogP) is 1.65. The molecule has 1 atom stereocenters. The summed E-state index contributed by atoms with van der Waals surface area (Å²) in [6.45, 7) is 6.88. The van der Waals surface area contributed by atoms with Gasteiger partial charge in [-0.2, -0.15) is 5.10 Å². The molecule has 1 aromatic heterocycles. The van der Waals surface area contributed by atoms with Gasteiger partial charge in [0.15, 0.2) is 0 Å². The maximum atomic E-state index is 5.67. The summed E-state index contributed by atoms with van der Waals surface area (Å²) in [6, 6.07) is 0. The molecule has 0 radical (unpaired) electrons. The van der Waals surface area contributed by atoms with Crippen molar-refractivity contribution >= 4 is 11.6 Å². The van der Waals surface area contributed by atoms with Crippen LogP contribution < -0.4 is 5.32 Å². The van der Waals surface area contributed by atoms with E-state index in [9.17, 15) is 0 Å². The highest BCUT2D eigenvalue weighted by Crippen LogP contribution is 2.01. The summed E-state index contributed by atoms with van der Waals surface area (Å²) >= 11 is 5.67. The van der Waals surface area contributed by atoms with E-state index in [0.717, 1.165) is 37.8 Å². The number of nitrogens with one attached hydrogen (secondary N) is 1. The van der Waals surface area contributed by atoms with E-state index in [1.54, 1.807) is 6.33 Å². The maximum Gasteiger partial charge on any atom is 0.140 e. The molecular weight excluding hydrogens is 212 g/mol. The van der Waals surface area contributed by atoms with Crippen molar-refractivity contribution in [3.8, 4) is 0 Å². The molecule has 4 nitrogen and oxygen atoms in total. The van der Waals surface area contributed by atoms with Crippen molar-refractivity contribution in [2.45, 2.75) is 33.4 Å². The summed E-state index contributed by atoms with van der Waals surface area (Å²) in [5, 5.41) is 7.48. The monoisotopic (exact) mass is 230 g/mol. The summed E-state index contributed by atoms with van der Waals surface area (Å²) in [4.78, 5) is 4.19. The molecule has 86 valence electrons. The molecular formula is C10H19ClN4. The van der Waals surface area contributed by atoms with Crippen LogP contribution in [0, 0.1) is 5.92 Å². The smallest absolute Gasteiger partial charge is 0.140 e. The second-order valence-corrected chi connectivity index (χ2v) is 4.08. The van der Waals surface area contributed by atoms with E-state index in [2.05, 4.69) is 29.2 Å². The van der Waals surface area contributed by atoms with E-state index >= 15 is 0 Å². The third-order valence-electron chi connectivity index (χ3n) is 2.37. The molecule has 0 aliphatic rings. The minimum Gasteiger partial charge on any atom is -0.310 e. The van der Waals surface area contributed by atoms with Crippen LogP contribution in [-0.4, -0.2) is 27.2 Å². The van der Waals surface area contributed by atoms with Crippen LogP contribution >= 0.6 is 11.6 Å². The molecule has 1 heterocycles. The standard InChI is InChI=1S/C10H19ClN4/c1-3-15-10(13-8-14-15)7-12-6-9(2)4-5-11/h8-9,12H,3-7H2,1-2H3. The molecule has 0 saturated heterocycles. The fourth-order valence-corrected chi connectivity index (χ4v) is 1.78. The van der Waals surface area contributed by atoms with Gasteiger partial charge in [0, 0.05) is 12.4 Å². The zero-order valence-corrected chi connectivity index (χ0v) is 10.2. The van der Waals surface area contributed by atoms with Gasteiger partial charge in [-0.15, -0.1) is 11.6 Å². The molecule has 15 heavy (non-hydrogen) atoms. The van der Waals surface area contributed by atoms with Crippen LogP contribution in [0.15, 0.2) is 6.33 Å². The second kappa shape index (κ2) is 6.80. The zero-order valence-electron chi connectivity index (χ0n) is 9.41. The Balaban J connectivity index is 2.25. The Labute approximate surface area is 96.0 Å². The Morgan fingerprint density at radius 3 is 3.07 bits per heavy atom. The van der Waals surface area contributed by atoms with Gasteiger partial charge in [0.2, 0.25) is 0 Å². The first-order chi connectivity index (χ1) is 7.27. The molecule has 5 heteroatoms. The van der Waals surface area contributed by atoms with Gasteiger partial charge in [-0.25, -0.2) is 9.67 Å². The van der Waals surface area contributed by atoms with Crippen LogP contribution in [0.2, 0.25) is 0 Å². The van der Waals surface area contributed by atoms with E-state index in [-0.39, 0.29) is 0 Å². The van der Waals surface area contributed by atoms with Crippen LogP contribution in [0.5, 0.6) is 0 Å². The number of hydrogen-bond donors (Lipinski definition) is 1. The largest absolute Gasteiger partial charge is 0.310 e. The molecule has 0 saturated carbocycles. The number of aryl methyl sites for hydroxylation is 1. The van der Waals surface area contributed by atoms with Crippen molar-refractivity contribution in [1.82, 2.24) is 20.1 Å². The van der Waals surface area contributed by atoms with Crippen LogP contribution in [0.4, 0.5) is 0 Å². The van der Waals surface area contributed by atoms with Crippen LogP contribution in [0.25, 0.3) is 0 Å². The number of nitrogens with zero attached hydrogens (tertiary/aromatic N) is 3. The Bertz CT molecular complexity index is 274. The maximum absolute atomic E-state index is 5.67. The van der Waals surface area contributed by atoms with Crippen LogP contribution in [-0.2, 0) is 13.1 Å². The first kappa shape index (κ1) is 12.5. The lowest BCUT2D eigenvalue weighted by Crippen LogP contribution is -2.23. The number of aromatic nitrogens is 3. The van der Waals surface area contributed by atoms with E-state index < -0.39 is 0 Å². The van der Waals surface area contributed by atoms with Crippen molar-refractivity contribution in [2.75, 3.05) is 12.4 Å². The van der Waals surface area contributed by atoms with Gasteiger partial charge in [-0.1, -0.05) is 6.92 Å².